The molecule has 0 aliphatic carbocycles. The van der Waals surface area contributed by atoms with Crippen molar-refractivity contribution >= 4 is 23.2 Å². The monoisotopic (exact) mass is 310 g/mol. The molecule has 0 unspecified atom stereocenters. The number of halogens is 2. The van der Waals surface area contributed by atoms with Crippen molar-refractivity contribution in [1.82, 2.24) is 10.3 Å². The highest BCUT2D eigenvalue weighted by molar-refractivity contribution is 6.42. The van der Waals surface area contributed by atoms with Gasteiger partial charge in [0.2, 0.25) is 5.88 Å². The van der Waals surface area contributed by atoms with E-state index in [1.54, 1.807) is 24.3 Å². The van der Waals surface area contributed by atoms with Gasteiger partial charge < -0.3 is 10.1 Å². The highest BCUT2D eigenvalue weighted by Crippen LogP contribution is 2.28. The number of pyridine rings is 1. The van der Waals surface area contributed by atoms with Gasteiger partial charge in [-0.15, -0.1) is 0 Å². The van der Waals surface area contributed by atoms with Crippen molar-refractivity contribution in [3.8, 4) is 11.6 Å². The molecule has 0 radical (unpaired) electrons. The number of hydrogen-bond acceptors (Lipinski definition) is 3. The van der Waals surface area contributed by atoms with Crippen molar-refractivity contribution in [2.75, 3.05) is 0 Å². The molecule has 0 fully saturated rings. The number of rotatable bonds is 5. The van der Waals surface area contributed by atoms with Crippen LogP contribution in [0.25, 0.3) is 0 Å². The first-order chi connectivity index (χ1) is 9.54. The van der Waals surface area contributed by atoms with Gasteiger partial charge in [0, 0.05) is 24.7 Å². The summed E-state index contributed by atoms with van der Waals surface area (Å²) in [5, 5.41) is 4.27. The molecule has 0 saturated heterocycles. The van der Waals surface area contributed by atoms with E-state index in [9.17, 15) is 0 Å². The second-order valence-corrected chi connectivity index (χ2v) is 5.50. The van der Waals surface area contributed by atoms with E-state index in [1.807, 2.05) is 12.1 Å². The zero-order valence-electron chi connectivity index (χ0n) is 11.4. The Labute approximate surface area is 128 Å². The molecule has 2 rings (SSSR count). The predicted molar refractivity (Wildman–Crippen MR) is 82.7 cm³/mol. The number of benzene rings is 1. The smallest absolute Gasteiger partial charge is 0.219 e. The lowest BCUT2D eigenvalue weighted by Crippen LogP contribution is -2.22. The predicted octanol–water partition coefficient (Wildman–Crippen LogP) is 4.68. The number of nitrogens with one attached hydrogen (secondary N) is 1. The second kappa shape index (κ2) is 6.93. The standard InChI is InChI=1S/C15H16Cl2N2O/c1-10(2)18-9-11-4-3-5-15(19-11)20-12-6-7-13(16)14(17)8-12/h3-8,10,18H,9H2,1-2H3. The Morgan fingerprint density at radius 3 is 2.65 bits per heavy atom. The van der Waals surface area contributed by atoms with Gasteiger partial charge >= 0.3 is 0 Å². The first kappa shape index (κ1) is 15.1. The van der Waals surface area contributed by atoms with E-state index in [2.05, 4.69) is 24.1 Å². The fraction of sp³-hybridized carbons (Fsp3) is 0.267. The maximum atomic E-state index is 5.95. The van der Waals surface area contributed by atoms with Crippen molar-refractivity contribution < 1.29 is 4.74 Å². The molecule has 1 N–H and O–H groups in total. The summed E-state index contributed by atoms with van der Waals surface area (Å²) in [6, 6.07) is 11.2. The topological polar surface area (TPSA) is 34.1 Å². The second-order valence-electron chi connectivity index (χ2n) is 4.68. The summed E-state index contributed by atoms with van der Waals surface area (Å²) in [6.07, 6.45) is 0. The highest BCUT2D eigenvalue weighted by Gasteiger charge is 2.04. The molecule has 1 aromatic carbocycles. The fourth-order valence-corrected chi connectivity index (χ4v) is 1.87. The van der Waals surface area contributed by atoms with Gasteiger partial charge in [0.1, 0.15) is 5.75 Å². The van der Waals surface area contributed by atoms with Crippen LogP contribution >= 0.6 is 23.2 Å². The average molecular weight is 311 g/mol. The molecule has 0 aliphatic rings. The number of nitrogens with zero attached hydrogens (tertiary/aromatic N) is 1. The van der Waals surface area contributed by atoms with Gasteiger partial charge in [0.05, 0.1) is 15.7 Å². The van der Waals surface area contributed by atoms with Gasteiger partial charge in [-0.2, -0.15) is 0 Å². The molecular weight excluding hydrogens is 295 g/mol. The minimum atomic E-state index is 0.413. The van der Waals surface area contributed by atoms with Crippen molar-refractivity contribution in [1.29, 1.82) is 0 Å². The summed E-state index contributed by atoms with van der Waals surface area (Å²) < 4.78 is 5.68. The molecule has 2 aromatic rings. The minimum absolute atomic E-state index is 0.413. The van der Waals surface area contributed by atoms with Crippen LogP contribution in [0.15, 0.2) is 36.4 Å². The zero-order valence-corrected chi connectivity index (χ0v) is 12.9. The van der Waals surface area contributed by atoms with Crippen molar-refractivity contribution in [3.05, 3.63) is 52.1 Å². The number of hydrogen-bond donors (Lipinski definition) is 1. The molecule has 20 heavy (non-hydrogen) atoms. The molecule has 0 bridgehead atoms. The van der Waals surface area contributed by atoms with Gasteiger partial charge in [-0.05, 0) is 18.2 Å². The van der Waals surface area contributed by atoms with Gasteiger partial charge in [-0.1, -0.05) is 43.1 Å². The Hall–Kier alpha value is -1.29. The summed E-state index contributed by atoms with van der Waals surface area (Å²) >= 11 is 11.8. The Morgan fingerprint density at radius 1 is 1.15 bits per heavy atom. The highest BCUT2D eigenvalue weighted by atomic mass is 35.5. The van der Waals surface area contributed by atoms with Crippen LogP contribution in [0.1, 0.15) is 19.5 Å². The van der Waals surface area contributed by atoms with E-state index in [-0.39, 0.29) is 0 Å². The summed E-state index contributed by atoms with van der Waals surface area (Å²) in [7, 11) is 0. The molecular formula is C15H16Cl2N2O. The molecule has 3 nitrogen and oxygen atoms in total. The lowest BCUT2D eigenvalue weighted by atomic mass is 10.3. The minimum Gasteiger partial charge on any atom is -0.439 e. The van der Waals surface area contributed by atoms with Crippen LogP contribution in [-0.2, 0) is 6.54 Å². The maximum absolute atomic E-state index is 5.95. The Morgan fingerprint density at radius 2 is 1.95 bits per heavy atom. The SMILES string of the molecule is CC(C)NCc1cccc(Oc2ccc(Cl)c(Cl)c2)n1. The van der Waals surface area contributed by atoms with Crippen LogP contribution in [0, 0.1) is 0 Å². The molecule has 0 spiro atoms. The quantitative estimate of drug-likeness (QED) is 0.870. The third-order valence-corrected chi connectivity index (χ3v) is 3.33. The molecule has 0 aliphatic heterocycles. The Kier molecular flexibility index (Phi) is 5.24. The maximum Gasteiger partial charge on any atom is 0.219 e. The van der Waals surface area contributed by atoms with Gasteiger partial charge in [-0.25, -0.2) is 4.98 Å². The summed E-state index contributed by atoms with van der Waals surface area (Å²) in [5.74, 6) is 1.15. The zero-order chi connectivity index (χ0) is 14.5. The van der Waals surface area contributed by atoms with Gasteiger partial charge in [0.25, 0.3) is 0 Å². The van der Waals surface area contributed by atoms with Crippen molar-refractivity contribution in [2.24, 2.45) is 0 Å². The lowest BCUT2D eigenvalue weighted by molar-refractivity contribution is 0.458. The van der Waals surface area contributed by atoms with Crippen LogP contribution in [0.5, 0.6) is 11.6 Å². The Balaban J connectivity index is 2.08. The molecule has 106 valence electrons. The Bertz CT molecular complexity index is 588. The molecule has 1 aromatic heterocycles. The average Bonchev–Trinajstić information content (AvgIpc) is 2.41. The molecule has 0 amide bonds. The third-order valence-electron chi connectivity index (χ3n) is 2.59. The van der Waals surface area contributed by atoms with Crippen LogP contribution in [0.4, 0.5) is 0 Å². The lowest BCUT2D eigenvalue weighted by Gasteiger charge is -2.09. The first-order valence-corrected chi connectivity index (χ1v) is 7.12. The van der Waals surface area contributed by atoms with Gasteiger partial charge in [-0.3, -0.25) is 0 Å². The van der Waals surface area contributed by atoms with Gasteiger partial charge in [0.15, 0.2) is 0 Å². The fourth-order valence-electron chi connectivity index (χ4n) is 1.58. The van der Waals surface area contributed by atoms with E-state index in [4.69, 9.17) is 27.9 Å². The number of ether oxygens (including phenoxy) is 1. The van der Waals surface area contributed by atoms with Crippen LogP contribution in [-0.4, -0.2) is 11.0 Å². The normalized spacial score (nSPS) is 10.8. The summed E-state index contributed by atoms with van der Waals surface area (Å²) in [6.45, 7) is 4.89. The largest absolute Gasteiger partial charge is 0.439 e. The van der Waals surface area contributed by atoms with Crippen molar-refractivity contribution in [3.63, 3.8) is 0 Å². The van der Waals surface area contributed by atoms with E-state index in [1.165, 1.54) is 0 Å². The first-order valence-electron chi connectivity index (χ1n) is 6.37. The molecule has 0 saturated carbocycles. The van der Waals surface area contributed by atoms with E-state index in [0.717, 1.165) is 5.69 Å². The van der Waals surface area contributed by atoms with Crippen LogP contribution in [0.3, 0.4) is 0 Å². The summed E-state index contributed by atoms with van der Waals surface area (Å²) in [4.78, 5) is 4.43. The van der Waals surface area contributed by atoms with E-state index >= 15 is 0 Å². The number of aromatic nitrogens is 1. The molecule has 1 heterocycles. The van der Waals surface area contributed by atoms with Crippen LogP contribution < -0.4 is 10.1 Å². The molecule has 5 heteroatoms. The van der Waals surface area contributed by atoms with E-state index < -0.39 is 0 Å². The van der Waals surface area contributed by atoms with Crippen molar-refractivity contribution in [2.45, 2.75) is 26.4 Å². The van der Waals surface area contributed by atoms with E-state index in [0.29, 0.717) is 34.3 Å². The third kappa shape index (κ3) is 4.37. The summed E-state index contributed by atoms with van der Waals surface area (Å²) in [5.41, 5.74) is 0.927. The van der Waals surface area contributed by atoms with Crippen LogP contribution in [0.2, 0.25) is 10.0 Å². The molecule has 0 atom stereocenters.